The number of rotatable bonds is 2. The fourth-order valence-electron chi connectivity index (χ4n) is 0.941. The molecule has 2 rings (SSSR count). The second kappa shape index (κ2) is 3.17. The number of nitrogens with one attached hydrogen (secondary N) is 2. The third-order valence-corrected chi connectivity index (χ3v) is 2.21. The maximum atomic E-state index is 11.3. The first-order valence-corrected chi connectivity index (χ1v) is 4.73. The number of thioether (sulfide) groups is 1. The zero-order valence-electron chi connectivity index (χ0n) is 6.87. The lowest BCUT2D eigenvalue weighted by Gasteiger charge is -1.94. The van der Waals surface area contributed by atoms with E-state index in [1.54, 1.807) is 0 Å². The molecule has 0 atom stereocenters. The molecule has 0 amide bonds. The van der Waals surface area contributed by atoms with Crippen LogP contribution in [0.5, 0.6) is 0 Å². The monoisotopic (exact) mass is 197 g/mol. The minimum absolute atomic E-state index is 0.250. The summed E-state index contributed by atoms with van der Waals surface area (Å²) >= 11 is 1.46. The first kappa shape index (κ1) is 8.24. The normalized spacial score (nSPS) is 10.8. The third kappa shape index (κ3) is 1.42. The Bertz CT molecular complexity index is 475. The van der Waals surface area contributed by atoms with Crippen molar-refractivity contribution in [2.24, 2.45) is 0 Å². The number of fused-ring (bicyclic) bond motifs is 1. The topological polar surface area (TPSA) is 87.3 Å². The minimum atomic E-state index is -0.255. The number of nitrogens with zero attached hydrogens (tertiary/aromatic N) is 3. The Kier molecular flexibility index (Phi) is 2.01. The Hall–Kier alpha value is -1.37. The van der Waals surface area contributed by atoms with Gasteiger partial charge in [-0.25, -0.2) is 4.98 Å². The maximum Gasteiger partial charge on any atom is 0.281 e. The highest BCUT2D eigenvalue weighted by atomic mass is 32.2. The van der Waals surface area contributed by atoms with E-state index < -0.39 is 0 Å². The molecule has 68 valence electrons. The molecule has 7 heteroatoms. The van der Waals surface area contributed by atoms with Gasteiger partial charge in [-0.1, -0.05) is 18.7 Å². The summed E-state index contributed by atoms with van der Waals surface area (Å²) in [6.07, 6.45) is 0. The van der Waals surface area contributed by atoms with Crippen LogP contribution < -0.4 is 5.56 Å². The molecule has 0 aliphatic heterocycles. The van der Waals surface area contributed by atoms with Gasteiger partial charge < -0.3 is 0 Å². The van der Waals surface area contributed by atoms with Crippen LogP contribution in [0, 0.1) is 0 Å². The average molecular weight is 197 g/mol. The Morgan fingerprint density at radius 1 is 1.46 bits per heavy atom. The van der Waals surface area contributed by atoms with E-state index in [1.807, 2.05) is 6.92 Å². The van der Waals surface area contributed by atoms with Gasteiger partial charge in [0.2, 0.25) is 5.65 Å². The van der Waals surface area contributed by atoms with E-state index in [2.05, 4.69) is 25.4 Å². The van der Waals surface area contributed by atoms with Crippen molar-refractivity contribution in [1.29, 1.82) is 0 Å². The highest BCUT2D eigenvalue weighted by Crippen LogP contribution is 2.10. The van der Waals surface area contributed by atoms with Gasteiger partial charge in [0.1, 0.15) is 0 Å². The highest BCUT2D eigenvalue weighted by Gasteiger charge is 2.06. The Balaban J connectivity index is 2.63. The van der Waals surface area contributed by atoms with Crippen LogP contribution in [-0.2, 0) is 0 Å². The van der Waals surface area contributed by atoms with Crippen molar-refractivity contribution in [3.63, 3.8) is 0 Å². The Morgan fingerprint density at radius 2 is 2.31 bits per heavy atom. The molecular formula is C6H7N5OS. The number of hydrogen-bond acceptors (Lipinski definition) is 5. The largest absolute Gasteiger partial charge is 0.299 e. The van der Waals surface area contributed by atoms with E-state index in [0.717, 1.165) is 5.75 Å². The molecule has 0 bridgehead atoms. The van der Waals surface area contributed by atoms with Crippen LogP contribution in [-0.4, -0.2) is 31.1 Å². The fourth-order valence-corrected chi connectivity index (χ4v) is 1.53. The van der Waals surface area contributed by atoms with Crippen LogP contribution in [0.2, 0.25) is 0 Å². The zero-order chi connectivity index (χ0) is 9.26. The smallest absolute Gasteiger partial charge is 0.281 e. The van der Waals surface area contributed by atoms with Crippen molar-refractivity contribution in [3.05, 3.63) is 10.4 Å². The van der Waals surface area contributed by atoms with Crippen LogP contribution in [0.3, 0.4) is 0 Å². The molecule has 2 aromatic rings. The van der Waals surface area contributed by atoms with Crippen LogP contribution in [0.4, 0.5) is 0 Å². The molecule has 2 N–H and O–H groups in total. The molecule has 13 heavy (non-hydrogen) atoms. The lowest BCUT2D eigenvalue weighted by molar-refractivity contribution is 0.944. The van der Waals surface area contributed by atoms with Crippen molar-refractivity contribution in [3.8, 4) is 0 Å². The van der Waals surface area contributed by atoms with E-state index in [0.29, 0.717) is 10.8 Å². The quantitative estimate of drug-likeness (QED) is 0.528. The van der Waals surface area contributed by atoms with Crippen molar-refractivity contribution in [2.75, 3.05) is 5.75 Å². The summed E-state index contributed by atoms with van der Waals surface area (Å²) in [4.78, 5) is 18.0. The van der Waals surface area contributed by atoms with Crippen molar-refractivity contribution in [1.82, 2.24) is 25.4 Å². The van der Waals surface area contributed by atoms with Gasteiger partial charge in [0.25, 0.3) is 5.56 Å². The molecule has 2 heterocycles. The van der Waals surface area contributed by atoms with Crippen molar-refractivity contribution >= 4 is 22.9 Å². The van der Waals surface area contributed by atoms with Crippen molar-refractivity contribution < 1.29 is 0 Å². The lowest BCUT2D eigenvalue weighted by atomic mass is 10.6. The predicted molar refractivity (Wildman–Crippen MR) is 48.7 cm³/mol. The predicted octanol–water partition coefficient (Wildman–Crippen LogP) is 0.153. The summed E-state index contributed by atoms with van der Waals surface area (Å²) in [7, 11) is 0. The number of aromatic nitrogens is 5. The van der Waals surface area contributed by atoms with Gasteiger partial charge in [-0.05, 0) is 5.75 Å². The number of hydrogen-bond donors (Lipinski definition) is 2. The van der Waals surface area contributed by atoms with Gasteiger partial charge in [-0.2, -0.15) is 5.21 Å². The summed E-state index contributed by atoms with van der Waals surface area (Å²) in [5, 5.41) is 10.3. The molecule has 0 aliphatic carbocycles. The molecule has 0 fully saturated rings. The van der Waals surface area contributed by atoms with E-state index in [9.17, 15) is 4.79 Å². The standard InChI is InChI=1S/C6H7N5OS/c1-2-13-6-7-4-3(5(12)8-6)9-11-10-4/h2H2,1H3,(H2,7,8,9,10,11,12). The summed E-state index contributed by atoms with van der Waals surface area (Å²) in [5.74, 6) is 0.853. The molecule has 0 aliphatic rings. The molecule has 2 aromatic heterocycles. The van der Waals surface area contributed by atoms with Crippen LogP contribution in [0.1, 0.15) is 6.92 Å². The molecule has 0 radical (unpaired) electrons. The summed E-state index contributed by atoms with van der Waals surface area (Å²) in [6.45, 7) is 1.98. The van der Waals surface area contributed by atoms with E-state index >= 15 is 0 Å². The summed E-state index contributed by atoms with van der Waals surface area (Å²) in [6, 6.07) is 0. The first-order valence-electron chi connectivity index (χ1n) is 3.75. The molecule has 0 saturated heterocycles. The van der Waals surface area contributed by atoms with Gasteiger partial charge in [0.05, 0.1) is 0 Å². The van der Waals surface area contributed by atoms with E-state index in [-0.39, 0.29) is 11.1 Å². The average Bonchev–Trinajstić information content (AvgIpc) is 2.53. The summed E-state index contributed by atoms with van der Waals surface area (Å²) < 4.78 is 0. The second-order valence-electron chi connectivity index (χ2n) is 2.30. The van der Waals surface area contributed by atoms with Crippen molar-refractivity contribution in [2.45, 2.75) is 12.1 Å². The van der Waals surface area contributed by atoms with Crippen LogP contribution >= 0.6 is 11.8 Å². The van der Waals surface area contributed by atoms with E-state index in [4.69, 9.17) is 0 Å². The zero-order valence-corrected chi connectivity index (χ0v) is 7.68. The van der Waals surface area contributed by atoms with Gasteiger partial charge in [0.15, 0.2) is 10.7 Å². The fraction of sp³-hybridized carbons (Fsp3) is 0.333. The second-order valence-corrected chi connectivity index (χ2v) is 3.55. The number of H-pyrrole nitrogens is 2. The van der Waals surface area contributed by atoms with Gasteiger partial charge >= 0.3 is 0 Å². The van der Waals surface area contributed by atoms with Gasteiger partial charge in [-0.3, -0.25) is 9.78 Å². The molecule has 0 saturated carbocycles. The van der Waals surface area contributed by atoms with Crippen LogP contribution in [0.25, 0.3) is 11.2 Å². The SMILES string of the molecule is CCSc1nc2n[nH]nc2c(=O)[nH]1. The van der Waals surface area contributed by atoms with Crippen LogP contribution in [0.15, 0.2) is 9.95 Å². The van der Waals surface area contributed by atoms with Gasteiger partial charge in [-0.15, -0.1) is 10.2 Å². The first-order chi connectivity index (χ1) is 6.31. The maximum absolute atomic E-state index is 11.3. The minimum Gasteiger partial charge on any atom is -0.299 e. The third-order valence-electron chi connectivity index (χ3n) is 1.45. The molecule has 0 unspecified atom stereocenters. The molecule has 0 aromatic carbocycles. The molecule has 0 spiro atoms. The van der Waals surface area contributed by atoms with E-state index in [1.165, 1.54) is 11.8 Å². The van der Waals surface area contributed by atoms with Gasteiger partial charge in [0, 0.05) is 0 Å². The lowest BCUT2D eigenvalue weighted by Crippen LogP contribution is -2.09. The molecular weight excluding hydrogens is 190 g/mol. The Labute approximate surface area is 77.2 Å². The Morgan fingerprint density at radius 3 is 3.08 bits per heavy atom. The summed E-state index contributed by atoms with van der Waals surface area (Å²) in [5.41, 5.74) is 0.356. The molecule has 6 nitrogen and oxygen atoms in total. The highest BCUT2D eigenvalue weighted by molar-refractivity contribution is 7.99. The number of aromatic amines is 2.